The third-order valence-electron chi connectivity index (χ3n) is 2.33. The van der Waals surface area contributed by atoms with Gasteiger partial charge in [-0.3, -0.25) is 0 Å². The van der Waals surface area contributed by atoms with E-state index in [0.29, 0.717) is 4.31 Å². The van der Waals surface area contributed by atoms with Gasteiger partial charge in [-0.2, -0.15) is 4.31 Å². The molecule has 0 spiro atoms. The van der Waals surface area contributed by atoms with E-state index in [1.165, 1.54) is 6.07 Å². The van der Waals surface area contributed by atoms with Crippen LogP contribution in [0.4, 0.5) is 13.2 Å². The summed E-state index contributed by atoms with van der Waals surface area (Å²) in [6.45, 7) is -1.74. The van der Waals surface area contributed by atoms with Gasteiger partial charge in [0, 0.05) is 17.1 Å². The summed E-state index contributed by atoms with van der Waals surface area (Å²) in [4.78, 5) is -0.755. The van der Waals surface area contributed by atoms with Crippen LogP contribution < -0.4 is 0 Å². The number of aliphatic hydroxyl groups is 1. The van der Waals surface area contributed by atoms with Crippen molar-refractivity contribution in [3.63, 3.8) is 0 Å². The Morgan fingerprint density at radius 3 is 2.47 bits per heavy atom. The van der Waals surface area contributed by atoms with Crippen LogP contribution in [0, 0.1) is 5.82 Å². The van der Waals surface area contributed by atoms with E-state index in [1.54, 1.807) is 0 Å². The van der Waals surface area contributed by atoms with E-state index in [4.69, 9.17) is 5.11 Å². The first-order chi connectivity index (χ1) is 8.70. The van der Waals surface area contributed by atoms with Crippen molar-refractivity contribution in [3.05, 3.63) is 28.0 Å². The van der Waals surface area contributed by atoms with Gasteiger partial charge in [0.15, 0.2) is 0 Å². The van der Waals surface area contributed by atoms with Crippen molar-refractivity contribution in [1.82, 2.24) is 4.31 Å². The molecule has 4 nitrogen and oxygen atoms in total. The molecule has 0 aliphatic rings. The van der Waals surface area contributed by atoms with Gasteiger partial charge in [-0.1, -0.05) is 15.9 Å². The number of benzene rings is 1. The maximum Gasteiger partial charge on any atom is 0.252 e. The minimum absolute atomic E-state index is 0.224. The lowest BCUT2D eigenvalue weighted by molar-refractivity contribution is 0.126. The van der Waals surface area contributed by atoms with E-state index in [1.807, 2.05) is 0 Å². The van der Waals surface area contributed by atoms with Gasteiger partial charge in [-0.25, -0.2) is 21.6 Å². The Bertz CT molecular complexity index is 565. The molecule has 1 aromatic carbocycles. The van der Waals surface area contributed by atoms with Crippen molar-refractivity contribution >= 4 is 26.0 Å². The summed E-state index contributed by atoms with van der Waals surface area (Å²) >= 11 is 2.97. The number of hydrogen-bond acceptors (Lipinski definition) is 3. The van der Waals surface area contributed by atoms with Crippen molar-refractivity contribution in [1.29, 1.82) is 0 Å². The van der Waals surface area contributed by atoms with Gasteiger partial charge in [0.25, 0.3) is 6.43 Å². The summed E-state index contributed by atoms with van der Waals surface area (Å²) in [6.07, 6.45) is -2.87. The molecule has 0 saturated heterocycles. The minimum atomic E-state index is -4.38. The highest BCUT2D eigenvalue weighted by atomic mass is 79.9. The molecule has 9 heteroatoms. The molecule has 108 valence electrons. The van der Waals surface area contributed by atoms with Gasteiger partial charge in [-0.15, -0.1) is 0 Å². The normalized spacial score (nSPS) is 12.4. The van der Waals surface area contributed by atoms with E-state index in [9.17, 15) is 21.6 Å². The molecule has 0 heterocycles. The Morgan fingerprint density at radius 2 is 2.00 bits per heavy atom. The van der Waals surface area contributed by atoms with E-state index in [0.717, 1.165) is 13.1 Å². The molecule has 1 aromatic rings. The number of halogens is 4. The average molecular weight is 362 g/mol. The fourth-order valence-corrected chi connectivity index (χ4v) is 3.32. The van der Waals surface area contributed by atoms with Crippen molar-refractivity contribution in [2.45, 2.75) is 17.9 Å². The van der Waals surface area contributed by atoms with Crippen LogP contribution in [-0.2, 0) is 16.6 Å². The first-order valence-corrected chi connectivity index (χ1v) is 7.26. The number of alkyl halides is 2. The van der Waals surface area contributed by atoms with E-state index < -0.39 is 40.3 Å². The van der Waals surface area contributed by atoms with Crippen LogP contribution in [0.5, 0.6) is 0 Å². The lowest BCUT2D eigenvalue weighted by Gasteiger charge is -2.18. The molecule has 0 atom stereocenters. The second-order valence-electron chi connectivity index (χ2n) is 3.71. The zero-order chi connectivity index (χ0) is 14.8. The molecule has 1 rings (SSSR count). The Labute approximate surface area is 117 Å². The monoisotopic (exact) mass is 361 g/mol. The van der Waals surface area contributed by atoms with E-state index in [-0.39, 0.29) is 10.0 Å². The van der Waals surface area contributed by atoms with Crippen LogP contribution in [0.3, 0.4) is 0 Å². The zero-order valence-corrected chi connectivity index (χ0v) is 12.2. The summed E-state index contributed by atoms with van der Waals surface area (Å²) in [5.41, 5.74) is -0.238. The Morgan fingerprint density at radius 1 is 1.42 bits per heavy atom. The molecule has 0 aliphatic carbocycles. The van der Waals surface area contributed by atoms with E-state index >= 15 is 0 Å². The van der Waals surface area contributed by atoms with Gasteiger partial charge in [0.2, 0.25) is 10.0 Å². The lowest BCUT2D eigenvalue weighted by Crippen LogP contribution is -2.32. The number of sulfonamides is 1. The molecule has 0 amide bonds. The minimum Gasteiger partial charge on any atom is -0.392 e. The fraction of sp³-hybridized carbons (Fsp3) is 0.400. The fourth-order valence-electron chi connectivity index (χ4n) is 1.38. The third-order valence-corrected chi connectivity index (χ3v) is 4.61. The van der Waals surface area contributed by atoms with Crippen molar-refractivity contribution in [2.75, 3.05) is 13.6 Å². The standard InChI is InChI=1S/C10H11BrF3NO3S/c1-15(4-9(12)13)19(17,18)8-3-7(11)2-6(5-16)10(8)14/h2-3,9,16H,4-5H2,1H3. The van der Waals surface area contributed by atoms with Crippen LogP contribution in [0.2, 0.25) is 0 Å². The molecule has 0 fully saturated rings. The van der Waals surface area contributed by atoms with Crippen LogP contribution in [0.15, 0.2) is 21.5 Å². The second-order valence-corrected chi connectivity index (χ2v) is 6.64. The topological polar surface area (TPSA) is 57.6 Å². The number of aliphatic hydroxyl groups excluding tert-OH is 1. The van der Waals surface area contributed by atoms with Gasteiger partial charge in [0.05, 0.1) is 13.2 Å². The highest BCUT2D eigenvalue weighted by Crippen LogP contribution is 2.26. The molecule has 1 N–H and O–H groups in total. The number of hydrogen-bond donors (Lipinski definition) is 1. The van der Waals surface area contributed by atoms with Crippen LogP contribution in [0.1, 0.15) is 5.56 Å². The van der Waals surface area contributed by atoms with Crippen molar-refractivity contribution < 1.29 is 26.7 Å². The molecule has 0 aliphatic heterocycles. The molecular weight excluding hydrogens is 351 g/mol. The summed E-state index contributed by atoms with van der Waals surface area (Å²) in [5, 5.41) is 8.93. The molecular formula is C10H11BrF3NO3S. The van der Waals surface area contributed by atoms with Crippen LogP contribution in [0.25, 0.3) is 0 Å². The Kier molecular flexibility index (Phi) is 5.36. The predicted octanol–water partition coefficient (Wildman–Crippen LogP) is 1.97. The second kappa shape index (κ2) is 6.21. The van der Waals surface area contributed by atoms with Gasteiger partial charge in [-0.05, 0) is 12.1 Å². The SMILES string of the molecule is CN(CC(F)F)S(=O)(=O)c1cc(Br)cc(CO)c1F. The van der Waals surface area contributed by atoms with Crippen LogP contribution >= 0.6 is 15.9 Å². The Balaban J connectivity index is 3.32. The van der Waals surface area contributed by atoms with Crippen molar-refractivity contribution in [2.24, 2.45) is 0 Å². The van der Waals surface area contributed by atoms with Gasteiger partial charge >= 0.3 is 0 Å². The first-order valence-electron chi connectivity index (χ1n) is 5.03. The van der Waals surface area contributed by atoms with Gasteiger partial charge < -0.3 is 5.11 Å². The molecule has 19 heavy (non-hydrogen) atoms. The third kappa shape index (κ3) is 3.68. The van der Waals surface area contributed by atoms with Crippen LogP contribution in [-0.4, -0.2) is 37.8 Å². The summed E-state index contributed by atoms with van der Waals surface area (Å²) < 4.78 is 62.8. The van der Waals surface area contributed by atoms with Crippen molar-refractivity contribution in [3.8, 4) is 0 Å². The summed E-state index contributed by atoms with van der Waals surface area (Å²) in [7, 11) is -3.45. The summed E-state index contributed by atoms with van der Waals surface area (Å²) in [5.74, 6) is -1.15. The van der Waals surface area contributed by atoms with E-state index in [2.05, 4.69) is 15.9 Å². The first kappa shape index (κ1) is 16.4. The maximum atomic E-state index is 13.9. The average Bonchev–Trinajstić information content (AvgIpc) is 2.30. The smallest absolute Gasteiger partial charge is 0.252 e. The largest absolute Gasteiger partial charge is 0.392 e. The molecule has 0 saturated carbocycles. The molecule has 0 unspecified atom stereocenters. The summed E-state index contributed by atoms with van der Waals surface area (Å²) in [6, 6.07) is 2.17. The lowest BCUT2D eigenvalue weighted by atomic mass is 10.2. The Hall–Kier alpha value is -0.640. The number of rotatable bonds is 5. The molecule has 0 radical (unpaired) electrons. The maximum absolute atomic E-state index is 13.9. The molecule has 0 bridgehead atoms. The molecule has 0 aromatic heterocycles. The predicted molar refractivity (Wildman–Crippen MR) is 65.8 cm³/mol. The quantitative estimate of drug-likeness (QED) is 0.872. The number of nitrogens with zero attached hydrogens (tertiary/aromatic N) is 1. The highest BCUT2D eigenvalue weighted by molar-refractivity contribution is 9.10. The van der Waals surface area contributed by atoms with Gasteiger partial charge in [0.1, 0.15) is 10.7 Å². The zero-order valence-electron chi connectivity index (χ0n) is 9.78. The highest BCUT2D eigenvalue weighted by Gasteiger charge is 2.28.